The number of nitrogens with zero attached hydrogens (tertiary/aromatic N) is 3. The molecule has 0 radical (unpaired) electrons. The van der Waals surface area contributed by atoms with E-state index in [1.165, 1.54) is 0 Å². The van der Waals surface area contributed by atoms with Crippen molar-refractivity contribution >= 4 is 61.9 Å². The Morgan fingerprint density at radius 2 is 2.04 bits per heavy atom. The topological polar surface area (TPSA) is 78.5 Å². The lowest BCUT2D eigenvalue weighted by Crippen LogP contribution is -1.84. The molecule has 132 valence electrons. The molecule has 0 atom stereocenters. The second kappa shape index (κ2) is 7.20. The van der Waals surface area contributed by atoms with Crippen LogP contribution in [0.5, 0.6) is 0 Å². The molecule has 4 aromatic rings. The van der Waals surface area contributed by atoms with Crippen molar-refractivity contribution in [2.75, 3.05) is 0 Å². The van der Waals surface area contributed by atoms with Crippen LogP contribution in [-0.4, -0.2) is 15.0 Å². The number of imidazole rings is 1. The summed E-state index contributed by atoms with van der Waals surface area (Å²) in [5.74, 6) is 1.56. The van der Waals surface area contributed by atoms with E-state index in [1.807, 2.05) is 12.1 Å². The summed E-state index contributed by atoms with van der Waals surface area (Å²) >= 11 is 15.4. The zero-order valence-electron chi connectivity index (χ0n) is 13.5. The number of allylic oxidation sites excluding steroid dienone is 1. The number of hydrogen-bond acceptors (Lipinski definition) is 4. The first-order valence-corrected chi connectivity index (χ1v) is 9.27. The number of furan rings is 1. The number of nitrogens with one attached hydrogen (secondary N) is 1. The van der Waals surface area contributed by atoms with Gasteiger partial charge in [0, 0.05) is 22.3 Å². The van der Waals surface area contributed by atoms with Crippen molar-refractivity contribution < 1.29 is 4.42 Å². The highest BCUT2D eigenvalue weighted by molar-refractivity contribution is 9.10. The van der Waals surface area contributed by atoms with Crippen LogP contribution in [0.15, 0.2) is 51.5 Å². The molecule has 0 fully saturated rings. The van der Waals surface area contributed by atoms with E-state index in [0.717, 1.165) is 15.6 Å². The Morgan fingerprint density at radius 3 is 2.81 bits per heavy atom. The Hall–Kier alpha value is -2.59. The van der Waals surface area contributed by atoms with E-state index in [2.05, 4.69) is 37.0 Å². The third-order valence-corrected chi connectivity index (χ3v) is 4.97. The number of halogens is 3. The molecule has 0 saturated carbocycles. The number of fused-ring (bicyclic) bond motifs is 1. The molecule has 0 bridgehead atoms. The number of benzene rings is 1. The van der Waals surface area contributed by atoms with Crippen LogP contribution in [0.25, 0.3) is 34.1 Å². The third-order valence-electron chi connectivity index (χ3n) is 3.80. The van der Waals surface area contributed by atoms with Crippen LogP contribution in [0, 0.1) is 11.3 Å². The predicted octanol–water partition coefficient (Wildman–Crippen LogP) is 6.35. The minimum Gasteiger partial charge on any atom is -0.457 e. The van der Waals surface area contributed by atoms with E-state index in [4.69, 9.17) is 27.6 Å². The van der Waals surface area contributed by atoms with Gasteiger partial charge >= 0.3 is 0 Å². The average molecular weight is 460 g/mol. The van der Waals surface area contributed by atoms with Crippen LogP contribution >= 0.6 is 39.1 Å². The highest BCUT2D eigenvalue weighted by Gasteiger charge is 2.11. The highest BCUT2D eigenvalue weighted by Crippen LogP contribution is 2.30. The molecule has 0 spiro atoms. The van der Waals surface area contributed by atoms with Crippen LogP contribution in [0.1, 0.15) is 11.6 Å². The number of H-pyrrole nitrogens is 1. The largest absolute Gasteiger partial charge is 0.457 e. The lowest BCUT2D eigenvalue weighted by molar-refractivity contribution is 0.572. The number of rotatable bonds is 3. The molecule has 3 heterocycles. The summed E-state index contributed by atoms with van der Waals surface area (Å²) in [4.78, 5) is 11.7. The average Bonchev–Trinajstić information content (AvgIpc) is 3.28. The van der Waals surface area contributed by atoms with E-state index < -0.39 is 0 Å². The second-order valence-corrected chi connectivity index (χ2v) is 7.34. The van der Waals surface area contributed by atoms with Crippen molar-refractivity contribution in [3.63, 3.8) is 0 Å². The van der Waals surface area contributed by atoms with E-state index >= 15 is 0 Å². The summed E-state index contributed by atoms with van der Waals surface area (Å²) in [6, 6.07) is 12.8. The van der Waals surface area contributed by atoms with Crippen molar-refractivity contribution in [1.82, 2.24) is 15.0 Å². The molecule has 27 heavy (non-hydrogen) atoms. The van der Waals surface area contributed by atoms with Gasteiger partial charge in [-0.05, 0) is 52.3 Å². The Kier molecular flexibility index (Phi) is 4.75. The Bertz CT molecular complexity index is 1240. The molecular formula is C19H9BrCl2N4O. The maximum Gasteiger partial charge on any atom is 0.178 e. The molecule has 0 aliphatic rings. The van der Waals surface area contributed by atoms with Gasteiger partial charge in [-0.3, -0.25) is 0 Å². The zero-order valence-corrected chi connectivity index (χ0v) is 16.6. The fourth-order valence-corrected chi connectivity index (χ4v) is 3.16. The molecule has 0 aliphatic carbocycles. The number of aromatic amines is 1. The molecule has 0 unspecified atom stereocenters. The maximum absolute atomic E-state index is 9.53. The van der Waals surface area contributed by atoms with Crippen LogP contribution in [-0.2, 0) is 0 Å². The first-order valence-electron chi connectivity index (χ1n) is 7.72. The van der Waals surface area contributed by atoms with E-state index in [9.17, 15) is 5.26 Å². The minimum absolute atomic E-state index is 0.333. The van der Waals surface area contributed by atoms with Crippen LogP contribution in [0.2, 0.25) is 10.0 Å². The summed E-state index contributed by atoms with van der Waals surface area (Å²) < 4.78 is 6.64. The normalized spacial score (nSPS) is 11.7. The monoisotopic (exact) mass is 458 g/mol. The SMILES string of the molecule is N#CC(=Cc1ccc(-c2ccc(Cl)c(Cl)c2)o1)c1nc2ncc(Br)cc2[nH]1. The Balaban J connectivity index is 1.69. The standard InChI is InChI=1S/C19H9BrCl2N4O/c20-12-7-16-19(24-9-12)26-18(25-16)11(8-23)5-13-2-4-17(27-13)10-1-3-14(21)15(22)6-10/h1-7,9H,(H,24,25,26). The third kappa shape index (κ3) is 3.62. The molecule has 4 rings (SSSR count). The number of aromatic nitrogens is 3. The fraction of sp³-hybridized carbons (Fsp3) is 0. The van der Waals surface area contributed by atoms with Crippen molar-refractivity contribution in [2.45, 2.75) is 0 Å². The van der Waals surface area contributed by atoms with Gasteiger partial charge in [-0.15, -0.1) is 0 Å². The molecule has 8 heteroatoms. The van der Waals surface area contributed by atoms with Crippen molar-refractivity contribution in [3.05, 3.63) is 68.7 Å². The molecule has 1 N–H and O–H groups in total. The van der Waals surface area contributed by atoms with Gasteiger partial charge < -0.3 is 9.40 Å². The van der Waals surface area contributed by atoms with E-state index in [1.54, 1.807) is 36.5 Å². The van der Waals surface area contributed by atoms with Gasteiger partial charge in [0.25, 0.3) is 0 Å². The van der Waals surface area contributed by atoms with Gasteiger partial charge in [-0.25, -0.2) is 9.97 Å². The van der Waals surface area contributed by atoms with E-state index in [-0.39, 0.29) is 0 Å². The lowest BCUT2D eigenvalue weighted by atomic mass is 10.2. The molecule has 0 amide bonds. The van der Waals surface area contributed by atoms with Crippen LogP contribution < -0.4 is 0 Å². The summed E-state index contributed by atoms with van der Waals surface area (Å²) in [5.41, 5.74) is 2.39. The minimum atomic E-state index is 0.333. The Labute approximate surface area is 172 Å². The lowest BCUT2D eigenvalue weighted by Gasteiger charge is -1.99. The van der Waals surface area contributed by atoms with Crippen molar-refractivity contribution in [2.24, 2.45) is 0 Å². The highest BCUT2D eigenvalue weighted by atomic mass is 79.9. The number of nitriles is 1. The Morgan fingerprint density at radius 1 is 1.19 bits per heavy atom. The molecule has 3 aromatic heterocycles. The summed E-state index contributed by atoms with van der Waals surface area (Å²) in [7, 11) is 0. The van der Waals surface area contributed by atoms with E-state index in [0.29, 0.717) is 38.6 Å². The van der Waals surface area contributed by atoms with Crippen LogP contribution in [0.3, 0.4) is 0 Å². The first-order chi connectivity index (χ1) is 13.0. The fourth-order valence-electron chi connectivity index (χ4n) is 2.53. The summed E-state index contributed by atoms with van der Waals surface area (Å²) in [6.45, 7) is 0. The smallest absolute Gasteiger partial charge is 0.178 e. The van der Waals surface area contributed by atoms with Gasteiger partial charge in [0.2, 0.25) is 0 Å². The molecular weight excluding hydrogens is 451 g/mol. The van der Waals surface area contributed by atoms with Gasteiger partial charge in [0.1, 0.15) is 17.6 Å². The molecule has 5 nitrogen and oxygen atoms in total. The quantitative estimate of drug-likeness (QED) is 0.362. The zero-order chi connectivity index (χ0) is 19.0. The summed E-state index contributed by atoms with van der Waals surface area (Å²) in [5, 5.41) is 10.5. The van der Waals surface area contributed by atoms with Gasteiger partial charge in [-0.1, -0.05) is 23.2 Å². The van der Waals surface area contributed by atoms with Crippen molar-refractivity contribution in [1.29, 1.82) is 5.26 Å². The summed E-state index contributed by atoms with van der Waals surface area (Å²) in [6.07, 6.45) is 3.27. The number of hydrogen-bond donors (Lipinski definition) is 1. The molecule has 1 aromatic carbocycles. The second-order valence-electron chi connectivity index (χ2n) is 5.61. The van der Waals surface area contributed by atoms with Gasteiger partial charge in [-0.2, -0.15) is 5.26 Å². The van der Waals surface area contributed by atoms with Crippen LogP contribution in [0.4, 0.5) is 0 Å². The van der Waals surface area contributed by atoms with Crippen molar-refractivity contribution in [3.8, 4) is 17.4 Å². The number of pyridine rings is 1. The predicted molar refractivity (Wildman–Crippen MR) is 109 cm³/mol. The molecule has 0 aliphatic heterocycles. The molecule has 0 saturated heterocycles. The van der Waals surface area contributed by atoms with Gasteiger partial charge in [0.15, 0.2) is 11.5 Å². The first kappa shape index (κ1) is 17.8. The maximum atomic E-state index is 9.53. The van der Waals surface area contributed by atoms with Gasteiger partial charge in [0.05, 0.1) is 21.1 Å².